The second kappa shape index (κ2) is 5.13. The highest BCUT2D eigenvalue weighted by atomic mass is 35.5. The molecule has 2 N–H and O–H groups in total. The molecule has 14 heavy (non-hydrogen) atoms. The highest BCUT2D eigenvalue weighted by Crippen LogP contribution is 2.20. The van der Waals surface area contributed by atoms with Gasteiger partial charge in [-0.25, -0.2) is 4.39 Å². The molecule has 1 aromatic rings. The molecular weight excluding hydrogens is 201 g/mol. The van der Waals surface area contributed by atoms with E-state index in [0.717, 1.165) is 12.0 Å². The molecule has 0 aromatic heterocycles. The maximum absolute atomic E-state index is 13.3. The average molecular weight is 214 g/mol. The lowest BCUT2D eigenvalue weighted by Crippen LogP contribution is -1.95. The third kappa shape index (κ3) is 2.82. The first-order valence-electron chi connectivity index (χ1n) is 4.47. The third-order valence-corrected chi connectivity index (χ3v) is 2.32. The van der Waals surface area contributed by atoms with Crippen molar-refractivity contribution in [3.05, 3.63) is 40.2 Å². The molecule has 0 saturated carbocycles. The van der Waals surface area contributed by atoms with Crippen LogP contribution in [0.25, 0.3) is 6.08 Å². The molecule has 0 atom stereocenters. The molecule has 1 rings (SSSR count). The first-order chi connectivity index (χ1) is 6.65. The summed E-state index contributed by atoms with van der Waals surface area (Å²) in [5.74, 6) is -0.250. The van der Waals surface area contributed by atoms with Gasteiger partial charge < -0.3 is 5.73 Å². The largest absolute Gasteiger partial charge is 0.330 e. The molecule has 76 valence electrons. The highest BCUT2D eigenvalue weighted by Gasteiger charge is 2.02. The van der Waals surface area contributed by atoms with Gasteiger partial charge in [-0.2, -0.15) is 0 Å². The minimum absolute atomic E-state index is 0.250. The lowest BCUT2D eigenvalue weighted by atomic mass is 10.1. The highest BCUT2D eigenvalue weighted by molar-refractivity contribution is 6.31. The van der Waals surface area contributed by atoms with E-state index in [2.05, 4.69) is 0 Å². The number of benzene rings is 1. The zero-order valence-electron chi connectivity index (χ0n) is 8.06. The number of rotatable bonds is 3. The van der Waals surface area contributed by atoms with Crippen LogP contribution in [-0.4, -0.2) is 6.54 Å². The van der Waals surface area contributed by atoms with E-state index < -0.39 is 0 Å². The van der Waals surface area contributed by atoms with Crippen LogP contribution in [0.1, 0.15) is 17.5 Å². The molecule has 0 aliphatic rings. The Hall–Kier alpha value is -0.860. The van der Waals surface area contributed by atoms with Crippen LogP contribution < -0.4 is 5.73 Å². The van der Waals surface area contributed by atoms with Crippen molar-refractivity contribution in [2.24, 2.45) is 5.73 Å². The molecule has 0 aliphatic carbocycles. The van der Waals surface area contributed by atoms with Crippen LogP contribution in [0.3, 0.4) is 0 Å². The van der Waals surface area contributed by atoms with Crippen LogP contribution in [0, 0.1) is 12.7 Å². The summed E-state index contributed by atoms with van der Waals surface area (Å²) in [4.78, 5) is 0. The van der Waals surface area contributed by atoms with Gasteiger partial charge >= 0.3 is 0 Å². The Morgan fingerprint density at radius 2 is 2.21 bits per heavy atom. The second-order valence-corrected chi connectivity index (χ2v) is 3.51. The maximum atomic E-state index is 13.3. The molecule has 0 radical (unpaired) electrons. The topological polar surface area (TPSA) is 26.0 Å². The molecule has 1 nitrogen and oxygen atoms in total. The molecule has 0 bridgehead atoms. The van der Waals surface area contributed by atoms with E-state index in [1.54, 1.807) is 19.1 Å². The summed E-state index contributed by atoms with van der Waals surface area (Å²) in [5.41, 5.74) is 6.57. The van der Waals surface area contributed by atoms with Crippen molar-refractivity contribution in [3.63, 3.8) is 0 Å². The van der Waals surface area contributed by atoms with Gasteiger partial charge in [-0.1, -0.05) is 23.8 Å². The standard InChI is InChI=1S/C11H13ClFN/c1-8-6-11(13)9(7-10(8)12)4-2-3-5-14/h2,4,6-7H,3,5,14H2,1H3. The average Bonchev–Trinajstić information content (AvgIpc) is 2.14. The van der Waals surface area contributed by atoms with Crippen LogP contribution in [0.4, 0.5) is 4.39 Å². The fraction of sp³-hybridized carbons (Fsp3) is 0.273. The van der Waals surface area contributed by atoms with Gasteiger partial charge in [0.1, 0.15) is 5.82 Å². The number of hydrogen-bond donors (Lipinski definition) is 1. The fourth-order valence-corrected chi connectivity index (χ4v) is 1.27. The van der Waals surface area contributed by atoms with E-state index >= 15 is 0 Å². The normalized spacial score (nSPS) is 11.1. The Morgan fingerprint density at radius 3 is 2.86 bits per heavy atom. The van der Waals surface area contributed by atoms with Gasteiger partial charge in [0.2, 0.25) is 0 Å². The fourth-order valence-electron chi connectivity index (χ4n) is 1.10. The van der Waals surface area contributed by atoms with Gasteiger partial charge in [-0.3, -0.25) is 0 Å². The summed E-state index contributed by atoms with van der Waals surface area (Å²) in [6, 6.07) is 3.06. The van der Waals surface area contributed by atoms with Gasteiger partial charge in [0.05, 0.1) is 0 Å². The van der Waals surface area contributed by atoms with Crippen molar-refractivity contribution in [1.29, 1.82) is 0 Å². The minimum atomic E-state index is -0.250. The van der Waals surface area contributed by atoms with E-state index in [1.807, 2.05) is 6.08 Å². The van der Waals surface area contributed by atoms with Crippen molar-refractivity contribution in [3.8, 4) is 0 Å². The minimum Gasteiger partial charge on any atom is -0.330 e. The molecular formula is C11H13ClFN. The number of hydrogen-bond acceptors (Lipinski definition) is 1. The van der Waals surface area contributed by atoms with E-state index in [0.29, 0.717) is 17.1 Å². The molecule has 0 amide bonds. The Labute approximate surface area is 88.4 Å². The van der Waals surface area contributed by atoms with Crippen LogP contribution in [0.2, 0.25) is 5.02 Å². The van der Waals surface area contributed by atoms with E-state index in [1.165, 1.54) is 6.07 Å². The predicted octanol–water partition coefficient (Wildman–Crippen LogP) is 3.15. The number of nitrogens with two attached hydrogens (primary N) is 1. The summed E-state index contributed by atoms with van der Waals surface area (Å²) < 4.78 is 13.3. The van der Waals surface area contributed by atoms with Gasteiger partial charge in [-0.15, -0.1) is 0 Å². The van der Waals surface area contributed by atoms with Crippen molar-refractivity contribution < 1.29 is 4.39 Å². The smallest absolute Gasteiger partial charge is 0.130 e. The van der Waals surface area contributed by atoms with E-state index in [9.17, 15) is 4.39 Å². The zero-order valence-corrected chi connectivity index (χ0v) is 8.81. The molecule has 3 heteroatoms. The van der Waals surface area contributed by atoms with E-state index in [-0.39, 0.29) is 5.82 Å². The molecule has 0 fully saturated rings. The summed E-state index contributed by atoms with van der Waals surface area (Å²) in [5, 5.41) is 0.582. The quantitative estimate of drug-likeness (QED) is 0.820. The van der Waals surface area contributed by atoms with Crippen LogP contribution in [0.5, 0.6) is 0 Å². The zero-order chi connectivity index (χ0) is 10.6. The molecule has 0 spiro atoms. The summed E-state index contributed by atoms with van der Waals surface area (Å²) in [7, 11) is 0. The van der Waals surface area contributed by atoms with Crippen molar-refractivity contribution in [2.45, 2.75) is 13.3 Å². The lowest BCUT2D eigenvalue weighted by molar-refractivity contribution is 0.624. The monoisotopic (exact) mass is 213 g/mol. The number of aryl methyl sites for hydroxylation is 1. The first kappa shape index (κ1) is 11.2. The Kier molecular flexibility index (Phi) is 4.11. The van der Waals surface area contributed by atoms with Crippen molar-refractivity contribution in [2.75, 3.05) is 6.54 Å². The van der Waals surface area contributed by atoms with Gasteiger partial charge in [0.25, 0.3) is 0 Å². The van der Waals surface area contributed by atoms with Crippen LogP contribution >= 0.6 is 11.6 Å². The molecule has 0 unspecified atom stereocenters. The van der Waals surface area contributed by atoms with Crippen molar-refractivity contribution in [1.82, 2.24) is 0 Å². The lowest BCUT2D eigenvalue weighted by Gasteiger charge is -2.01. The van der Waals surface area contributed by atoms with Crippen LogP contribution in [-0.2, 0) is 0 Å². The van der Waals surface area contributed by atoms with Crippen LogP contribution in [0.15, 0.2) is 18.2 Å². The van der Waals surface area contributed by atoms with E-state index in [4.69, 9.17) is 17.3 Å². The number of halogens is 2. The third-order valence-electron chi connectivity index (χ3n) is 1.91. The van der Waals surface area contributed by atoms with Gasteiger partial charge in [0.15, 0.2) is 0 Å². The summed E-state index contributed by atoms with van der Waals surface area (Å²) in [6.07, 6.45) is 4.28. The maximum Gasteiger partial charge on any atom is 0.130 e. The summed E-state index contributed by atoms with van der Waals surface area (Å²) >= 11 is 5.87. The predicted molar refractivity (Wildman–Crippen MR) is 58.9 cm³/mol. The molecule has 0 saturated heterocycles. The summed E-state index contributed by atoms with van der Waals surface area (Å²) in [6.45, 7) is 2.34. The van der Waals surface area contributed by atoms with Crippen molar-refractivity contribution >= 4 is 17.7 Å². The first-order valence-corrected chi connectivity index (χ1v) is 4.85. The Balaban J connectivity index is 2.92. The Morgan fingerprint density at radius 1 is 1.50 bits per heavy atom. The molecule has 0 aliphatic heterocycles. The van der Waals surface area contributed by atoms with Gasteiger partial charge in [0, 0.05) is 10.6 Å². The Bertz CT molecular complexity index is 347. The molecule has 0 heterocycles. The molecule has 1 aromatic carbocycles. The van der Waals surface area contributed by atoms with Gasteiger partial charge in [-0.05, 0) is 37.6 Å². The second-order valence-electron chi connectivity index (χ2n) is 3.10. The SMILES string of the molecule is Cc1cc(F)c(C=CCCN)cc1Cl.